The van der Waals surface area contributed by atoms with Crippen LogP contribution in [0.5, 0.6) is 0 Å². The van der Waals surface area contributed by atoms with Gasteiger partial charge in [0.25, 0.3) is 0 Å². The summed E-state index contributed by atoms with van der Waals surface area (Å²) in [6.07, 6.45) is 3.47. The molecule has 0 spiro atoms. The summed E-state index contributed by atoms with van der Waals surface area (Å²) in [5.74, 6) is 0.366. The maximum atomic E-state index is 11.9. The Kier molecular flexibility index (Phi) is 4.71. The molecular formula is C9H17Cl2NO2S. The van der Waals surface area contributed by atoms with Gasteiger partial charge in [-0.05, 0) is 19.8 Å². The summed E-state index contributed by atoms with van der Waals surface area (Å²) in [4.78, 5) is 0. The minimum atomic E-state index is -3.26. The van der Waals surface area contributed by atoms with E-state index in [1.807, 2.05) is 0 Å². The molecule has 90 valence electrons. The van der Waals surface area contributed by atoms with Crippen LogP contribution in [0.4, 0.5) is 0 Å². The molecular weight excluding hydrogens is 257 g/mol. The Morgan fingerprint density at radius 1 is 1.27 bits per heavy atom. The molecule has 1 N–H and O–H groups in total. The number of sulfonamides is 1. The fourth-order valence-electron chi connectivity index (χ4n) is 1.72. The van der Waals surface area contributed by atoms with Crippen LogP contribution in [0.2, 0.25) is 0 Å². The first-order chi connectivity index (χ1) is 6.93. The molecule has 0 heterocycles. The van der Waals surface area contributed by atoms with Crippen LogP contribution in [0.1, 0.15) is 32.6 Å². The van der Waals surface area contributed by atoms with Gasteiger partial charge in [0.2, 0.25) is 10.0 Å². The second-order valence-corrected chi connectivity index (χ2v) is 6.88. The van der Waals surface area contributed by atoms with E-state index < -0.39 is 15.6 Å². The lowest BCUT2D eigenvalue weighted by molar-refractivity contribution is 0.491. The molecule has 0 unspecified atom stereocenters. The smallest absolute Gasteiger partial charge is 0.212 e. The zero-order chi connectivity index (χ0) is 11.5. The molecule has 1 aliphatic carbocycles. The third kappa shape index (κ3) is 3.48. The molecule has 1 fully saturated rings. The Bertz CT molecular complexity index is 295. The lowest BCUT2D eigenvalue weighted by Gasteiger charge is -2.27. The molecule has 0 aromatic heterocycles. The summed E-state index contributed by atoms with van der Waals surface area (Å²) < 4.78 is 26.5. The van der Waals surface area contributed by atoms with Crippen molar-refractivity contribution >= 4 is 33.2 Å². The number of hydrogen-bond acceptors (Lipinski definition) is 2. The van der Waals surface area contributed by atoms with Crippen molar-refractivity contribution in [2.75, 3.05) is 11.8 Å². The summed E-state index contributed by atoms with van der Waals surface area (Å²) in [6.45, 7) is 1.72. The van der Waals surface area contributed by atoms with E-state index in [-0.39, 0.29) is 17.0 Å². The molecule has 0 atom stereocenters. The lowest BCUT2D eigenvalue weighted by Crippen LogP contribution is -2.51. The van der Waals surface area contributed by atoms with E-state index >= 15 is 0 Å². The highest BCUT2D eigenvalue weighted by Crippen LogP contribution is 2.25. The summed E-state index contributed by atoms with van der Waals surface area (Å²) >= 11 is 11.4. The molecule has 0 saturated heterocycles. The zero-order valence-electron chi connectivity index (χ0n) is 8.80. The van der Waals surface area contributed by atoms with Gasteiger partial charge in [0.1, 0.15) is 0 Å². The highest BCUT2D eigenvalue weighted by molar-refractivity contribution is 7.90. The van der Waals surface area contributed by atoms with Crippen LogP contribution in [-0.2, 0) is 10.0 Å². The molecule has 3 nitrogen and oxygen atoms in total. The highest BCUT2D eigenvalue weighted by atomic mass is 35.5. The molecule has 6 heteroatoms. The third-order valence-corrected chi connectivity index (χ3v) is 6.03. The molecule has 0 radical (unpaired) electrons. The average molecular weight is 274 g/mol. The Morgan fingerprint density at radius 2 is 1.73 bits per heavy atom. The number of alkyl halides is 2. The van der Waals surface area contributed by atoms with E-state index in [0.717, 1.165) is 25.7 Å². The zero-order valence-corrected chi connectivity index (χ0v) is 11.1. The Morgan fingerprint density at radius 3 is 2.13 bits per heavy atom. The first-order valence-corrected chi connectivity index (χ1v) is 7.70. The summed E-state index contributed by atoms with van der Waals surface area (Å²) in [5.41, 5.74) is -0.732. The van der Waals surface area contributed by atoms with Crippen molar-refractivity contribution in [3.63, 3.8) is 0 Å². The van der Waals surface area contributed by atoms with Gasteiger partial charge < -0.3 is 0 Å². The summed E-state index contributed by atoms with van der Waals surface area (Å²) in [5, 5.41) is -0.261. The molecule has 0 amide bonds. The monoisotopic (exact) mass is 273 g/mol. The van der Waals surface area contributed by atoms with E-state index in [4.69, 9.17) is 23.2 Å². The third-order valence-electron chi connectivity index (χ3n) is 2.72. The van der Waals surface area contributed by atoms with E-state index in [9.17, 15) is 8.42 Å². The van der Waals surface area contributed by atoms with E-state index in [1.165, 1.54) is 0 Å². The molecule has 15 heavy (non-hydrogen) atoms. The summed E-state index contributed by atoms with van der Waals surface area (Å²) in [6, 6.07) is 0. The second kappa shape index (κ2) is 5.21. The van der Waals surface area contributed by atoms with Gasteiger partial charge in [0.05, 0.1) is 10.8 Å². The Balaban J connectivity index is 2.70. The quantitative estimate of drug-likeness (QED) is 0.780. The highest BCUT2D eigenvalue weighted by Gasteiger charge is 2.34. The number of hydrogen-bond donors (Lipinski definition) is 1. The lowest BCUT2D eigenvalue weighted by atomic mass is 10.1. The molecule has 0 bridgehead atoms. The van der Waals surface area contributed by atoms with E-state index in [2.05, 4.69) is 4.72 Å². The van der Waals surface area contributed by atoms with Crippen LogP contribution in [0.25, 0.3) is 0 Å². The topological polar surface area (TPSA) is 46.2 Å². The van der Waals surface area contributed by atoms with Crippen molar-refractivity contribution < 1.29 is 8.42 Å². The van der Waals surface area contributed by atoms with Crippen molar-refractivity contribution in [2.45, 2.75) is 43.4 Å². The van der Waals surface area contributed by atoms with Gasteiger partial charge in [-0.2, -0.15) is 0 Å². The van der Waals surface area contributed by atoms with Gasteiger partial charge >= 0.3 is 0 Å². The first-order valence-electron chi connectivity index (χ1n) is 5.08. The van der Waals surface area contributed by atoms with Crippen LogP contribution in [0.3, 0.4) is 0 Å². The normalized spacial score (nSPS) is 19.7. The van der Waals surface area contributed by atoms with Crippen molar-refractivity contribution in [1.29, 1.82) is 0 Å². The Labute approximate surface area is 102 Å². The van der Waals surface area contributed by atoms with E-state index in [1.54, 1.807) is 6.92 Å². The average Bonchev–Trinajstić information content (AvgIpc) is 2.70. The summed E-state index contributed by atoms with van der Waals surface area (Å²) in [7, 11) is -3.26. The van der Waals surface area contributed by atoms with Crippen LogP contribution < -0.4 is 4.72 Å². The van der Waals surface area contributed by atoms with Crippen molar-refractivity contribution in [2.24, 2.45) is 0 Å². The number of halogens is 2. The van der Waals surface area contributed by atoms with Gasteiger partial charge in [0, 0.05) is 11.8 Å². The molecule has 0 aliphatic heterocycles. The van der Waals surface area contributed by atoms with Crippen LogP contribution in [0, 0.1) is 0 Å². The molecule has 1 rings (SSSR count). The molecule has 0 aromatic carbocycles. The predicted octanol–water partition coefficient (Wildman–Crippen LogP) is 2.08. The maximum absolute atomic E-state index is 11.9. The molecule has 0 aromatic rings. The standard InChI is InChI=1S/C9H17Cl2NO2S/c1-9(6-10,7-11)12-15(13,14)8-4-2-3-5-8/h8,12H,2-7H2,1H3. The van der Waals surface area contributed by atoms with Gasteiger partial charge in [0.15, 0.2) is 0 Å². The number of nitrogens with one attached hydrogen (secondary N) is 1. The predicted molar refractivity (Wildman–Crippen MR) is 64.2 cm³/mol. The van der Waals surface area contributed by atoms with Gasteiger partial charge in [-0.15, -0.1) is 23.2 Å². The number of rotatable bonds is 5. The molecule has 1 saturated carbocycles. The molecule has 1 aliphatic rings. The fraction of sp³-hybridized carbons (Fsp3) is 1.00. The fourth-order valence-corrected chi connectivity index (χ4v) is 4.25. The van der Waals surface area contributed by atoms with Crippen molar-refractivity contribution in [3.05, 3.63) is 0 Å². The largest absolute Gasteiger partial charge is 0.215 e. The van der Waals surface area contributed by atoms with E-state index in [0.29, 0.717) is 0 Å². The Hall–Kier alpha value is 0.490. The second-order valence-electron chi connectivity index (χ2n) is 4.38. The maximum Gasteiger partial charge on any atom is 0.215 e. The van der Waals surface area contributed by atoms with Gasteiger partial charge in [-0.1, -0.05) is 12.8 Å². The van der Waals surface area contributed by atoms with Crippen molar-refractivity contribution in [1.82, 2.24) is 4.72 Å². The SMILES string of the molecule is CC(CCl)(CCl)NS(=O)(=O)C1CCCC1. The van der Waals surface area contributed by atoms with Gasteiger partial charge in [-0.3, -0.25) is 0 Å². The minimum absolute atomic E-state index is 0.183. The van der Waals surface area contributed by atoms with Crippen LogP contribution in [0.15, 0.2) is 0 Å². The van der Waals surface area contributed by atoms with Crippen LogP contribution >= 0.6 is 23.2 Å². The first kappa shape index (κ1) is 13.6. The minimum Gasteiger partial charge on any atom is -0.212 e. The van der Waals surface area contributed by atoms with Crippen LogP contribution in [-0.4, -0.2) is 31.0 Å². The van der Waals surface area contributed by atoms with Crippen molar-refractivity contribution in [3.8, 4) is 0 Å². The van der Waals surface area contributed by atoms with Gasteiger partial charge in [-0.25, -0.2) is 13.1 Å².